The van der Waals surface area contributed by atoms with Crippen molar-refractivity contribution >= 4 is 5.57 Å². The first kappa shape index (κ1) is 8.24. The number of hydrogen-bond donors (Lipinski definition) is 0. The lowest BCUT2D eigenvalue weighted by Gasteiger charge is -2.11. The molecule has 2 rings (SSSR count). The van der Waals surface area contributed by atoms with E-state index in [1.54, 1.807) is 0 Å². The predicted octanol–water partition coefficient (Wildman–Crippen LogP) is 2.34. The Morgan fingerprint density at radius 2 is 2.31 bits per heavy atom. The fourth-order valence-corrected chi connectivity index (χ4v) is 1.76. The lowest BCUT2D eigenvalue weighted by atomic mass is 10.0. The Kier molecular flexibility index (Phi) is 2.01. The van der Waals surface area contributed by atoms with E-state index in [0.29, 0.717) is 0 Å². The summed E-state index contributed by atoms with van der Waals surface area (Å²) in [5, 5.41) is 0. The molecule has 0 radical (unpaired) electrons. The third-order valence-corrected chi connectivity index (χ3v) is 2.39. The van der Waals surface area contributed by atoms with Crippen LogP contribution in [0.1, 0.15) is 19.0 Å². The summed E-state index contributed by atoms with van der Waals surface area (Å²) in [6, 6.07) is 6.30. The maximum atomic E-state index is 4.00. The number of allylic oxidation sites excluding steroid dienone is 3. The minimum Gasteiger partial charge on any atom is -0.198 e. The van der Waals surface area contributed by atoms with Crippen LogP contribution in [-0.4, -0.2) is 0 Å². The van der Waals surface area contributed by atoms with Gasteiger partial charge in [-0.15, -0.1) is 0 Å². The van der Waals surface area contributed by atoms with Crippen molar-refractivity contribution in [3.63, 3.8) is 0 Å². The second kappa shape index (κ2) is 3.17. The average Bonchev–Trinajstić information content (AvgIpc) is 2.17. The van der Waals surface area contributed by atoms with Crippen molar-refractivity contribution in [3.05, 3.63) is 48.3 Å². The van der Waals surface area contributed by atoms with Crippen molar-refractivity contribution in [2.24, 2.45) is 0 Å². The standard InChI is InChI=1S/C12H14N/c1-10(2)11-6-5-9-13-8-4-3-7-12(11)13/h3-4,6-8H,1,5,9H2,2H3/q+1. The van der Waals surface area contributed by atoms with Crippen LogP contribution in [0.4, 0.5) is 0 Å². The lowest BCUT2D eigenvalue weighted by molar-refractivity contribution is -0.699. The first-order valence-corrected chi connectivity index (χ1v) is 4.64. The molecule has 0 bridgehead atoms. The Morgan fingerprint density at radius 3 is 3.08 bits per heavy atom. The molecule has 1 aliphatic heterocycles. The van der Waals surface area contributed by atoms with E-state index in [-0.39, 0.29) is 0 Å². The molecule has 2 heterocycles. The molecule has 0 fully saturated rings. The van der Waals surface area contributed by atoms with Crippen LogP contribution in [0.15, 0.2) is 42.6 Å². The highest BCUT2D eigenvalue weighted by Crippen LogP contribution is 2.21. The van der Waals surface area contributed by atoms with Gasteiger partial charge in [0.05, 0.1) is 0 Å². The summed E-state index contributed by atoms with van der Waals surface area (Å²) in [5.41, 5.74) is 3.74. The van der Waals surface area contributed by atoms with Crippen LogP contribution in [0.3, 0.4) is 0 Å². The molecule has 66 valence electrons. The maximum absolute atomic E-state index is 4.00. The van der Waals surface area contributed by atoms with Crippen molar-refractivity contribution in [2.75, 3.05) is 0 Å². The van der Waals surface area contributed by atoms with Crippen LogP contribution in [-0.2, 0) is 6.54 Å². The van der Waals surface area contributed by atoms with Crippen LogP contribution >= 0.6 is 0 Å². The second-order valence-electron chi connectivity index (χ2n) is 3.47. The van der Waals surface area contributed by atoms with Crippen LogP contribution < -0.4 is 4.57 Å². The van der Waals surface area contributed by atoms with Gasteiger partial charge in [-0.05, 0) is 18.6 Å². The van der Waals surface area contributed by atoms with Crippen molar-refractivity contribution < 1.29 is 4.57 Å². The van der Waals surface area contributed by atoms with Crippen molar-refractivity contribution in [1.82, 2.24) is 0 Å². The van der Waals surface area contributed by atoms with Gasteiger partial charge in [-0.3, -0.25) is 0 Å². The fraction of sp³-hybridized carbons (Fsp3) is 0.250. The van der Waals surface area contributed by atoms with Gasteiger partial charge in [0.25, 0.3) is 0 Å². The van der Waals surface area contributed by atoms with Gasteiger partial charge in [0.2, 0.25) is 5.69 Å². The Hall–Kier alpha value is -1.37. The molecule has 1 aromatic heterocycles. The molecule has 0 atom stereocenters. The predicted molar refractivity (Wildman–Crippen MR) is 54.0 cm³/mol. The van der Waals surface area contributed by atoms with Gasteiger partial charge in [-0.25, -0.2) is 0 Å². The highest BCUT2D eigenvalue weighted by molar-refractivity contribution is 5.74. The zero-order valence-corrected chi connectivity index (χ0v) is 7.96. The van der Waals surface area contributed by atoms with E-state index in [0.717, 1.165) is 18.5 Å². The maximum Gasteiger partial charge on any atom is 0.212 e. The van der Waals surface area contributed by atoms with Crippen LogP contribution in [0, 0.1) is 0 Å². The highest BCUT2D eigenvalue weighted by atomic mass is 15.0. The molecule has 0 aromatic carbocycles. The van der Waals surface area contributed by atoms with E-state index in [2.05, 4.69) is 48.5 Å². The minimum absolute atomic E-state index is 1.09. The summed E-state index contributed by atoms with van der Waals surface area (Å²) in [4.78, 5) is 0. The smallest absolute Gasteiger partial charge is 0.198 e. The first-order chi connectivity index (χ1) is 6.29. The summed E-state index contributed by atoms with van der Waals surface area (Å²) >= 11 is 0. The number of nitrogens with zero attached hydrogens (tertiary/aromatic N) is 1. The SMILES string of the molecule is C=C(C)C1=CCC[n+]2ccccc21. The Labute approximate surface area is 79.0 Å². The molecule has 1 nitrogen and oxygen atoms in total. The molecule has 1 aliphatic rings. The van der Waals surface area contributed by atoms with E-state index in [1.165, 1.54) is 11.3 Å². The molecule has 0 spiro atoms. The Bertz CT molecular complexity index is 374. The Balaban J connectivity index is 2.53. The van der Waals surface area contributed by atoms with Gasteiger partial charge >= 0.3 is 0 Å². The summed E-state index contributed by atoms with van der Waals surface area (Å²) < 4.78 is 2.28. The first-order valence-electron chi connectivity index (χ1n) is 4.64. The van der Waals surface area contributed by atoms with Gasteiger partial charge in [0, 0.05) is 24.1 Å². The number of rotatable bonds is 1. The average molecular weight is 172 g/mol. The van der Waals surface area contributed by atoms with Crippen LogP contribution in [0.5, 0.6) is 0 Å². The number of fused-ring (bicyclic) bond motifs is 1. The van der Waals surface area contributed by atoms with E-state index in [4.69, 9.17) is 0 Å². The van der Waals surface area contributed by atoms with Crippen molar-refractivity contribution in [1.29, 1.82) is 0 Å². The Morgan fingerprint density at radius 1 is 1.46 bits per heavy atom. The topological polar surface area (TPSA) is 3.88 Å². The highest BCUT2D eigenvalue weighted by Gasteiger charge is 2.18. The molecule has 13 heavy (non-hydrogen) atoms. The molecule has 0 saturated carbocycles. The molecule has 0 aliphatic carbocycles. The van der Waals surface area contributed by atoms with Gasteiger partial charge < -0.3 is 0 Å². The van der Waals surface area contributed by atoms with Crippen molar-refractivity contribution in [3.8, 4) is 0 Å². The number of aryl methyl sites for hydroxylation is 1. The molecule has 1 aromatic rings. The van der Waals surface area contributed by atoms with Gasteiger partial charge in [-0.2, -0.15) is 4.57 Å². The monoisotopic (exact) mass is 172 g/mol. The summed E-state index contributed by atoms with van der Waals surface area (Å²) in [5.74, 6) is 0. The third-order valence-electron chi connectivity index (χ3n) is 2.39. The fourth-order valence-electron chi connectivity index (χ4n) is 1.76. The molecular weight excluding hydrogens is 158 g/mol. The largest absolute Gasteiger partial charge is 0.212 e. The van der Waals surface area contributed by atoms with Gasteiger partial charge in [0.1, 0.15) is 0 Å². The zero-order valence-electron chi connectivity index (χ0n) is 7.96. The molecular formula is C12H14N+. The van der Waals surface area contributed by atoms with Crippen LogP contribution in [0.2, 0.25) is 0 Å². The second-order valence-corrected chi connectivity index (χ2v) is 3.47. The zero-order chi connectivity index (χ0) is 9.26. The van der Waals surface area contributed by atoms with Crippen molar-refractivity contribution in [2.45, 2.75) is 19.9 Å². The lowest BCUT2D eigenvalue weighted by Crippen LogP contribution is -2.39. The third kappa shape index (κ3) is 1.42. The van der Waals surface area contributed by atoms with E-state index >= 15 is 0 Å². The summed E-state index contributed by atoms with van der Waals surface area (Å²) in [7, 11) is 0. The van der Waals surface area contributed by atoms with Gasteiger partial charge in [-0.1, -0.05) is 12.7 Å². The normalized spacial score (nSPS) is 14.7. The minimum atomic E-state index is 1.09. The van der Waals surface area contributed by atoms with E-state index in [1.807, 2.05) is 0 Å². The van der Waals surface area contributed by atoms with E-state index < -0.39 is 0 Å². The number of pyridine rings is 1. The van der Waals surface area contributed by atoms with E-state index in [9.17, 15) is 0 Å². The number of hydrogen-bond acceptors (Lipinski definition) is 0. The van der Waals surface area contributed by atoms with Crippen LogP contribution in [0.25, 0.3) is 5.57 Å². The molecule has 0 amide bonds. The molecule has 0 saturated heterocycles. The number of aromatic nitrogens is 1. The summed E-state index contributed by atoms with van der Waals surface area (Å²) in [6.07, 6.45) is 5.52. The molecule has 1 heteroatoms. The molecule has 0 unspecified atom stereocenters. The van der Waals surface area contributed by atoms with Gasteiger partial charge in [0.15, 0.2) is 12.7 Å². The molecule has 0 N–H and O–H groups in total. The summed E-state index contributed by atoms with van der Waals surface area (Å²) in [6.45, 7) is 7.15. The quantitative estimate of drug-likeness (QED) is 0.572.